The van der Waals surface area contributed by atoms with E-state index in [-0.39, 0.29) is 18.2 Å². The Morgan fingerprint density at radius 1 is 1.45 bits per heavy atom. The molecule has 1 aliphatic rings. The third-order valence-corrected chi connectivity index (χ3v) is 3.19. The summed E-state index contributed by atoms with van der Waals surface area (Å²) < 4.78 is 5.23. The molecule has 20 heavy (non-hydrogen) atoms. The van der Waals surface area contributed by atoms with E-state index in [1.54, 1.807) is 0 Å². The Labute approximate surface area is 118 Å². The molecule has 1 aliphatic carbocycles. The minimum atomic E-state index is -0.452. The number of carbonyl (C=O) groups excluding carboxylic acids is 1. The second-order valence-electron chi connectivity index (χ2n) is 6.27. The number of ether oxygens (including phenoxy) is 1. The van der Waals surface area contributed by atoms with Crippen molar-refractivity contribution in [3.05, 3.63) is 12.2 Å². The van der Waals surface area contributed by atoms with Gasteiger partial charge in [0, 0.05) is 12.1 Å². The third-order valence-electron chi connectivity index (χ3n) is 3.19. The molecule has 112 valence electrons. The highest BCUT2D eigenvalue weighted by atomic mass is 16.6. The van der Waals surface area contributed by atoms with Crippen LogP contribution in [0.4, 0.5) is 4.79 Å². The Hall–Kier alpha value is -1.63. The first-order valence-corrected chi connectivity index (χ1v) is 6.94. The Morgan fingerprint density at radius 3 is 2.70 bits per heavy atom. The molecule has 1 atom stereocenters. The first kappa shape index (κ1) is 14.8. The standard InChI is InChI=1S/C13H23N5O2/c1-8(11-14-7-15-18-11)16-9-5-10(6-9)17-12(19)20-13(2,3)4/h7-10,16H,5-6H2,1-4H3,(H,17,19)(H,14,15,18). The third kappa shape index (κ3) is 4.19. The van der Waals surface area contributed by atoms with Gasteiger partial charge in [-0.05, 0) is 40.5 Å². The highest BCUT2D eigenvalue weighted by molar-refractivity contribution is 5.68. The number of hydrogen-bond donors (Lipinski definition) is 3. The normalized spacial score (nSPS) is 23.8. The van der Waals surface area contributed by atoms with E-state index in [9.17, 15) is 4.79 Å². The Kier molecular flexibility index (Phi) is 4.27. The van der Waals surface area contributed by atoms with Crippen molar-refractivity contribution < 1.29 is 9.53 Å². The summed E-state index contributed by atoms with van der Waals surface area (Å²) in [6.45, 7) is 7.61. The van der Waals surface area contributed by atoms with Gasteiger partial charge in [0.25, 0.3) is 0 Å². The minimum absolute atomic E-state index is 0.130. The maximum Gasteiger partial charge on any atom is 0.407 e. The summed E-state index contributed by atoms with van der Waals surface area (Å²) in [7, 11) is 0. The number of aromatic nitrogens is 3. The van der Waals surface area contributed by atoms with Crippen molar-refractivity contribution in [2.24, 2.45) is 0 Å². The molecule has 0 aliphatic heterocycles. The van der Waals surface area contributed by atoms with Gasteiger partial charge in [0.2, 0.25) is 0 Å². The number of carbonyl (C=O) groups is 1. The van der Waals surface area contributed by atoms with Gasteiger partial charge in [0.05, 0.1) is 6.04 Å². The zero-order valence-corrected chi connectivity index (χ0v) is 12.4. The molecule has 1 unspecified atom stereocenters. The van der Waals surface area contributed by atoms with Gasteiger partial charge in [0.15, 0.2) is 0 Å². The summed E-state index contributed by atoms with van der Waals surface area (Å²) in [5.74, 6) is 0.827. The van der Waals surface area contributed by atoms with Crippen molar-refractivity contribution >= 4 is 6.09 Å². The average Bonchev–Trinajstić information content (AvgIpc) is 2.76. The number of hydrogen-bond acceptors (Lipinski definition) is 5. The second-order valence-corrected chi connectivity index (χ2v) is 6.27. The smallest absolute Gasteiger partial charge is 0.407 e. The molecule has 1 heterocycles. The van der Waals surface area contributed by atoms with Gasteiger partial charge in [-0.3, -0.25) is 5.10 Å². The number of nitrogens with zero attached hydrogens (tertiary/aromatic N) is 2. The van der Waals surface area contributed by atoms with Crippen molar-refractivity contribution in [3.63, 3.8) is 0 Å². The van der Waals surface area contributed by atoms with Crippen LogP contribution in [0.15, 0.2) is 6.33 Å². The Bertz CT molecular complexity index is 434. The average molecular weight is 281 g/mol. The zero-order valence-electron chi connectivity index (χ0n) is 12.4. The number of amides is 1. The molecule has 0 saturated heterocycles. The minimum Gasteiger partial charge on any atom is -0.444 e. The van der Waals surface area contributed by atoms with Crippen LogP contribution < -0.4 is 10.6 Å². The summed E-state index contributed by atoms with van der Waals surface area (Å²) in [5.41, 5.74) is -0.452. The van der Waals surface area contributed by atoms with Crippen LogP contribution in [0.5, 0.6) is 0 Å². The fourth-order valence-corrected chi connectivity index (χ4v) is 2.20. The maximum atomic E-state index is 11.6. The van der Waals surface area contributed by atoms with Gasteiger partial charge in [-0.15, -0.1) is 0 Å². The highest BCUT2D eigenvalue weighted by Gasteiger charge is 2.32. The topological polar surface area (TPSA) is 91.9 Å². The van der Waals surface area contributed by atoms with Crippen LogP contribution >= 0.6 is 0 Å². The SMILES string of the molecule is CC(NC1CC(NC(=O)OC(C)(C)C)C1)c1ncn[nH]1. The van der Waals surface area contributed by atoms with Crippen LogP contribution in [-0.2, 0) is 4.74 Å². The van der Waals surface area contributed by atoms with Crippen LogP contribution in [0, 0.1) is 0 Å². The van der Waals surface area contributed by atoms with Gasteiger partial charge < -0.3 is 15.4 Å². The molecular formula is C13H23N5O2. The van der Waals surface area contributed by atoms with E-state index in [2.05, 4.69) is 25.8 Å². The molecule has 0 bridgehead atoms. The number of nitrogens with one attached hydrogen (secondary N) is 3. The molecular weight excluding hydrogens is 258 g/mol. The van der Waals surface area contributed by atoms with Gasteiger partial charge in [-0.25, -0.2) is 9.78 Å². The summed E-state index contributed by atoms with van der Waals surface area (Å²) in [6, 6.07) is 0.698. The van der Waals surface area contributed by atoms with Crippen molar-refractivity contribution in [1.82, 2.24) is 25.8 Å². The molecule has 3 N–H and O–H groups in total. The van der Waals surface area contributed by atoms with E-state index in [1.807, 2.05) is 27.7 Å². The van der Waals surface area contributed by atoms with Crippen LogP contribution in [0.2, 0.25) is 0 Å². The molecule has 1 saturated carbocycles. The van der Waals surface area contributed by atoms with Gasteiger partial charge >= 0.3 is 6.09 Å². The monoisotopic (exact) mass is 281 g/mol. The quantitative estimate of drug-likeness (QED) is 0.778. The molecule has 1 amide bonds. The van der Waals surface area contributed by atoms with E-state index >= 15 is 0 Å². The molecule has 1 aromatic rings. The number of H-pyrrole nitrogens is 1. The van der Waals surface area contributed by atoms with E-state index in [0.29, 0.717) is 6.04 Å². The summed E-state index contributed by atoms with van der Waals surface area (Å²) in [5, 5.41) is 13.0. The van der Waals surface area contributed by atoms with E-state index in [0.717, 1.165) is 18.7 Å². The Balaban J connectivity index is 1.66. The highest BCUT2D eigenvalue weighted by Crippen LogP contribution is 2.23. The lowest BCUT2D eigenvalue weighted by Gasteiger charge is -2.38. The largest absolute Gasteiger partial charge is 0.444 e. The first-order chi connectivity index (χ1) is 9.33. The maximum absolute atomic E-state index is 11.6. The van der Waals surface area contributed by atoms with Crippen LogP contribution in [0.25, 0.3) is 0 Å². The van der Waals surface area contributed by atoms with E-state index in [1.165, 1.54) is 6.33 Å². The lowest BCUT2D eigenvalue weighted by atomic mass is 9.86. The van der Waals surface area contributed by atoms with Crippen LogP contribution in [-0.4, -0.2) is 39.0 Å². The summed E-state index contributed by atoms with van der Waals surface area (Å²) in [4.78, 5) is 15.7. The van der Waals surface area contributed by atoms with Crippen molar-refractivity contribution in [2.75, 3.05) is 0 Å². The van der Waals surface area contributed by atoms with Crippen molar-refractivity contribution in [3.8, 4) is 0 Å². The molecule has 7 nitrogen and oxygen atoms in total. The van der Waals surface area contributed by atoms with Crippen molar-refractivity contribution in [2.45, 2.75) is 64.3 Å². The van der Waals surface area contributed by atoms with E-state index < -0.39 is 5.60 Å². The van der Waals surface area contributed by atoms with E-state index in [4.69, 9.17) is 4.74 Å². The zero-order chi connectivity index (χ0) is 14.8. The van der Waals surface area contributed by atoms with Gasteiger partial charge in [-0.1, -0.05) is 0 Å². The summed E-state index contributed by atoms with van der Waals surface area (Å²) >= 11 is 0. The number of rotatable bonds is 4. The van der Waals surface area contributed by atoms with Gasteiger partial charge in [0.1, 0.15) is 17.8 Å². The molecule has 1 aromatic heterocycles. The number of aromatic amines is 1. The van der Waals surface area contributed by atoms with Crippen molar-refractivity contribution in [1.29, 1.82) is 0 Å². The first-order valence-electron chi connectivity index (χ1n) is 6.94. The van der Waals surface area contributed by atoms with Crippen LogP contribution in [0.1, 0.15) is 52.4 Å². The fourth-order valence-electron chi connectivity index (χ4n) is 2.20. The Morgan fingerprint density at radius 2 is 2.15 bits per heavy atom. The van der Waals surface area contributed by atoms with Crippen LogP contribution in [0.3, 0.4) is 0 Å². The predicted octanol–water partition coefficient (Wildman–Crippen LogP) is 1.51. The summed E-state index contributed by atoms with van der Waals surface area (Å²) in [6.07, 6.45) is 2.96. The molecule has 0 aromatic carbocycles. The molecule has 0 spiro atoms. The predicted molar refractivity (Wildman–Crippen MR) is 74.1 cm³/mol. The molecule has 2 rings (SSSR count). The fraction of sp³-hybridized carbons (Fsp3) is 0.769. The molecule has 1 fully saturated rings. The lowest BCUT2D eigenvalue weighted by molar-refractivity contribution is 0.0463. The molecule has 0 radical (unpaired) electrons. The number of alkyl carbamates (subject to hydrolysis) is 1. The molecule has 7 heteroatoms. The van der Waals surface area contributed by atoms with Gasteiger partial charge in [-0.2, -0.15) is 5.10 Å². The lowest BCUT2D eigenvalue weighted by Crippen LogP contribution is -2.53. The second kappa shape index (κ2) is 5.78.